The molecule has 0 aromatic heterocycles. The van der Waals surface area contributed by atoms with Gasteiger partial charge in [0.2, 0.25) is 9.05 Å². The van der Waals surface area contributed by atoms with Crippen LogP contribution in [0.25, 0.3) is 0 Å². The molecule has 0 rings (SSSR count). The number of hydrogen-bond acceptors (Lipinski definition) is 3. The Bertz CT molecular complexity index is 188. The van der Waals surface area contributed by atoms with Crippen molar-refractivity contribution < 1.29 is 13.2 Å². The Morgan fingerprint density at radius 1 is 1.55 bits per heavy atom. The maximum atomic E-state index is 10.5. The van der Waals surface area contributed by atoms with Gasteiger partial charge in [-0.05, 0) is 12.3 Å². The number of halogens is 1. The average molecular weight is 201 g/mol. The minimum atomic E-state index is -3.34. The van der Waals surface area contributed by atoms with Gasteiger partial charge in [-0.1, -0.05) is 6.92 Å². The third-order valence-electron chi connectivity index (χ3n) is 1.30. The van der Waals surface area contributed by atoms with Crippen LogP contribution in [0.2, 0.25) is 0 Å². The Labute approximate surface area is 72.1 Å². The van der Waals surface area contributed by atoms with Gasteiger partial charge in [-0.2, -0.15) is 0 Å². The summed E-state index contributed by atoms with van der Waals surface area (Å²) in [6.45, 7) is 2.41. The van der Waals surface area contributed by atoms with E-state index in [9.17, 15) is 8.42 Å². The molecule has 0 amide bonds. The summed E-state index contributed by atoms with van der Waals surface area (Å²) in [4.78, 5) is 0. The van der Waals surface area contributed by atoms with Gasteiger partial charge in [0.15, 0.2) is 0 Å². The van der Waals surface area contributed by atoms with Crippen molar-refractivity contribution in [2.75, 3.05) is 19.5 Å². The molecule has 0 fully saturated rings. The zero-order valence-corrected chi connectivity index (χ0v) is 8.28. The highest BCUT2D eigenvalue weighted by Gasteiger charge is 2.11. The van der Waals surface area contributed by atoms with Crippen molar-refractivity contribution in [1.29, 1.82) is 0 Å². The quantitative estimate of drug-likeness (QED) is 0.627. The molecule has 3 nitrogen and oxygen atoms in total. The van der Waals surface area contributed by atoms with E-state index in [-0.39, 0.29) is 11.7 Å². The number of ether oxygens (including phenoxy) is 1. The normalized spacial score (nSPS) is 14.8. The maximum Gasteiger partial charge on any atom is 0.232 e. The van der Waals surface area contributed by atoms with Crippen molar-refractivity contribution in [3.63, 3.8) is 0 Å². The first kappa shape index (κ1) is 11.2. The van der Waals surface area contributed by atoms with E-state index < -0.39 is 9.05 Å². The summed E-state index contributed by atoms with van der Waals surface area (Å²) in [6, 6.07) is 0. The zero-order valence-electron chi connectivity index (χ0n) is 6.71. The third kappa shape index (κ3) is 8.10. The molecule has 0 unspecified atom stereocenters. The van der Waals surface area contributed by atoms with Gasteiger partial charge in [-0.3, -0.25) is 0 Å². The lowest BCUT2D eigenvalue weighted by molar-refractivity contribution is 0.183. The van der Waals surface area contributed by atoms with Crippen LogP contribution in [0, 0.1) is 5.92 Å². The van der Waals surface area contributed by atoms with E-state index in [4.69, 9.17) is 15.4 Å². The van der Waals surface area contributed by atoms with E-state index in [0.717, 1.165) is 6.42 Å². The molecule has 68 valence electrons. The van der Waals surface area contributed by atoms with Crippen LogP contribution in [0.15, 0.2) is 0 Å². The average Bonchev–Trinajstić information content (AvgIpc) is 1.79. The van der Waals surface area contributed by atoms with E-state index in [0.29, 0.717) is 6.61 Å². The molecule has 0 heterocycles. The van der Waals surface area contributed by atoms with Crippen LogP contribution in [-0.2, 0) is 13.8 Å². The number of hydrogen-bond donors (Lipinski definition) is 0. The highest BCUT2D eigenvalue weighted by atomic mass is 35.7. The lowest BCUT2D eigenvalue weighted by Gasteiger charge is -2.06. The van der Waals surface area contributed by atoms with Crippen molar-refractivity contribution >= 4 is 19.7 Å². The smallest absolute Gasteiger partial charge is 0.232 e. The lowest BCUT2D eigenvalue weighted by atomic mass is 10.1. The van der Waals surface area contributed by atoms with Gasteiger partial charge < -0.3 is 4.74 Å². The van der Waals surface area contributed by atoms with Crippen LogP contribution < -0.4 is 0 Å². The molecule has 1 atom stereocenters. The van der Waals surface area contributed by atoms with E-state index in [2.05, 4.69) is 0 Å². The van der Waals surface area contributed by atoms with Gasteiger partial charge in [0.05, 0.1) is 5.75 Å². The fourth-order valence-corrected chi connectivity index (χ4v) is 2.23. The topological polar surface area (TPSA) is 43.4 Å². The first-order valence-corrected chi connectivity index (χ1v) is 5.85. The summed E-state index contributed by atoms with van der Waals surface area (Å²) >= 11 is 0. The molecule has 0 aliphatic heterocycles. The van der Waals surface area contributed by atoms with Crippen LogP contribution in [0.3, 0.4) is 0 Å². The maximum absolute atomic E-state index is 10.5. The molecular weight excluding hydrogens is 188 g/mol. The Kier molecular flexibility index (Phi) is 5.04. The minimum absolute atomic E-state index is 0.0257. The SMILES string of the molecule is COCC[C@@H](C)CS(=O)(=O)Cl. The standard InChI is InChI=1S/C6H13ClO3S/c1-6(3-4-10-2)5-11(7,8)9/h6H,3-5H2,1-2H3/t6-/m1/s1. The van der Waals surface area contributed by atoms with Gasteiger partial charge in [-0.25, -0.2) is 8.42 Å². The second-order valence-electron chi connectivity index (χ2n) is 2.59. The Morgan fingerprint density at radius 3 is 2.45 bits per heavy atom. The van der Waals surface area contributed by atoms with Crippen LogP contribution in [0.4, 0.5) is 0 Å². The molecule has 0 bridgehead atoms. The van der Waals surface area contributed by atoms with Gasteiger partial charge in [0.1, 0.15) is 0 Å². The van der Waals surface area contributed by atoms with Crippen LogP contribution >= 0.6 is 10.7 Å². The molecule has 0 aromatic rings. The van der Waals surface area contributed by atoms with Crippen LogP contribution in [-0.4, -0.2) is 27.9 Å². The van der Waals surface area contributed by atoms with Crippen molar-refractivity contribution in [2.45, 2.75) is 13.3 Å². The predicted octanol–water partition coefficient (Wildman–Crippen LogP) is 1.23. The minimum Gasteiger partial charge on any atom is -0.385 e. The molecule has 0 spiro atoms. The van der Waals surface area contributed by atoms with Crippen molar-refractivity contribution in [1.82, 2.24) is 0 Å². The van der Waals surface area contributed by atoms with Gasteiger partial charge >= 0.3 is 0 Å². The van der Waals surface area contributed by atoms with Gasteiger partial charge in [0.25, 0.3) is 0 Å². The molecule has 0 radical (unpaired) electrons. The predicted molar refractivity (Wildman–Crippen MR) is 45.3 cm³/mol. The summed E-state index contributed by atoms with van der Waals surface area (Å²) in [5.41, 5.74) is 0. The highest BCUT2D eigenvalue weighted by Crippen LogP contribution is 2.08. The van der Waals surface area contributed by atoms with E-state index in [1.807, 2.05) is 6.92 Å². The van der Waals surface area contributed by atoms with Gasteiger partial charge in [-0.15, -0.1) is 0 Å². The van der Waals surface area contributed by atoms with Gasteiger partial charge in [0, 0.05) is 24.4 Å². The summed E-state index contributed by atoms with van der Waals surface area (Å²) in [7, 11) is 3.29. The molecule has 11 heavy (non-hydrogen) atoms. The van der Waals surface area contributed by atoms with E-state index >= 15 is 0 Å². The molecule has 0 aromatic carbocycles. The monoisotopic (exact) mass is 200 g/mol. The molecule has 0 saturated heterocycles. The molecule has 0 N–H and O–H groups in total. The second-order valence-corrected chi connectivity index (χ2v) is 5.41. The largest absolute Gasteiger partial charge is 0.385 e. The lowest BCUT2D eigenvalue weighted by Crippen LogP contribution is -2.10. The van der Waals surface area contributed by atoms with Crippen LogP contribution in [0.1, 0.15) is 13.3 Å². The first-order valence-electron chi connectivity index (χ1n) is 3.37. The summed E-state index contributed by atoms with van der Waals surface area (Å²) in [6.07, 6.45) is 0.725. The van der Waals surface area contributed by atoms with Crippen LogP contribution in [0.5, 0.6) is 0 Å². The third-order valence-corrected chi connectivity index (χ3v) is 2.64. The molecule has 0 aliphatic rings. The van der Waals surface area contributed by atoms with Crippen molar-refractivity contribution in [3.05, 3.63) is 0 Å². The first-order chi connectivity index (χ1) is 4.95. The Hall–Kier alpha value is 0.200. The fourth-order valence-electron chi connectivity index (χ4n) is 0.742. The van der Waals surface area contributed by atoms with Crippen molar-refractivity contribution in [3.8, 4) is 0 Å². The summed E-state index contributed by atoms with van der Waals surface area (Å²) < 4.78 is 25.8. The second kappa shape index (κ2) is 4.95. The highest BCUT2D eigenvalue weighted by molar-refractivity contribution is 8.13. The van der Waals surface area contributed by atoms with E-state index in [1.54, 1.807) is 7.11 Å². The zero-order chi connectivity index (χ0) is 8.91. The Balaban J connectivity index is 3.61. The number of methoxy groups -OCH3 is 1. The fraction of sp³-hybridized carbons (Fsp3) is 1.00. The van der Waals surface area contributed by atoms with Crippen molar-refractivity contribution in [2.24, 2.45) is 5.92 Å². The summed E-state index contributed by atoms with van der Waals surface area (Å²) in [5.74, 6) is 0.0928. The molecule has 0 saturated carbocycles. The van der Waals surface area contributed by atoms with E-state index in [1.165, 1.54) is 0 Å². The Morgan fingerprint density at radius 2 is 2.09 bits per heavy atom. The molecule has 0 aliphatic carbocycles. The summed E-state index contributed by atoms with van der Waals surface area (Å²) in [5, 5.41) is 0. The molecule has 5 heteroatoms. The molecular formula is C6H13ClO3S. The number of rotatable bonds is 5.